The fraction of sp³-hybridized carbons (Fsp3) is 0.588. The quantitative estimate of drug-likeness (QED) is 0.837. The van der Waals surface area contributed by atoms with E-state index in [9.17, 15) is 4.79 Å². The third kappa shape index (κ3) is 6.49. The highest BCUT2D eigenvalue weighted by Crippen LogP contribution is 2.24. The molecule has 1 aromatic carbocycles. The first-order valence-electron chi connectivity index (χ1n) is 8.05. The zero-order chi connectivity index (χ0) is 16.9. The predicted octanol–water partition coefficient (Wildman–Crippen LogP) is 3.24. The topological polar surface area (TPSA) is 53.6 Å². The zero-order valence-electron chi connectivity index (χ0n) is 14.1. The molecule has 2 N–H and O–H groups in total. The molecule has 6 heteroatoms. The number of anilines is 1. The van der Waals surface area contributed by atoms with Gasteiger partial charge in [0.05, 0.1) is 5.69 Å². The number of nitrogens with zero attached hydrogens (tertiary/aromatic N) is 1. The van der Waals surface area contributed by atoms with Crippen molar-refractivity contribution >= 4 is 27.7 Å². The second kappa shape index (κ2) is 8.13. The molecule has 23 heavy (non-hydrogen) atoms. The van der Waals surface area contributed by atoms with E-state index >= 15 is 0 Å². The highest BCUT2D eigenvalue weighted by atomic mass is 79.9. The van der Waals surface area contributed by atoms with Crippen LogP contribution in [0, 0.1) is 0 Å². The molecule has 2 rings (SSSR count). The van der Waals surface area contributed by atoms with Gasteiger partial charge in [0.25, 0.3) is 0 Å². The molecule has 0 aliphatic carbocycles. The molecule has 0 bridgehead atoms. The Morgan fingerprint density at radius 3 is 2.70 bits per heavy atom. The molecule has 1 aliphatic heterocycles. The van der Waals surface area contributed by atoms with Crippen LogP contribution in [0.25, 0.3) is 0 Å². The van der Waals surface area contributed by atoms with Crippen LogP contribution in [0.3, 0.4) is 0 Å². The molecule has 1 aromatic rings. The number of halogens is 1. The van der Waals surface area contributed by atoms with Gasteiger partial charge in [0, 0.05) is 37.2 Å². The fourth-order valence-corrected chi connectivity index (χ4v) is 2.81. The minimum absolute atomic E-state index is 0.433. The van der Waals surface area contributed by atoms with E-state index in [1.165, 1.54) is 5.56 Å². The van der Waals surface area contributed by atoms with Crippen LogP contribution in [0.1, 0.15) is 26.3 Å². The fourth-order valence-electron chi connectivity index (χ4n) is 2.46. The Hall–Kier alpha value is -1.11. The lowest BCUT2D eigenvalue weighted by molar-refractivity contribution is 0.0636. The van der Waals surface area contributed by atoms with E-state index < -0.39 is 11.7 Å². The molecule has 0 radical (unpaired) electrons. The minimum Gasteiger partial charge on any atom is -0.444 e. The van der Waals surface area contributed by atoms with Crippen LogP contribution in [0.15, 0.2) is 22.7 Å². The molecular weight excluding hydrogens is 358 g/mol. The summed E-state index contributed by atoms with van der Waals surface area (Å²) in [5.41, 5.74) is 1.45. The van der Waals surface area contributed by atoms with Crippen LogP contribution >= 0.6 is 15.9 Å². The summed E-state index contributed by atoms with van der Waals surface area (Å²) in [4.78, 5) is 14.4. The van der Waals surface area contributed by atoms with Crippen molar-refractivity contribution < 1.29 is 9.53 Å². The van der Waals surface area contributed by atoms with Gasteiger partial charge in [0.2, 0.25) is 0 Å². The number of benzene rings is 1. The van der Waals surface area contributed by atoms with Crippen molar-refractivity contribution in [3.8, 4) is 0 Å². The van der Waals surface area contributed by atoms with E-state index in [2.05, 4.69) is 37.5 Å². The number of rotatable bonds is 4. The average molecular weight is 384 g/mol. The monoisotopic (exact) mass is 383 g/mol. The number of piperazine rings is 1. The molecule has 0 atom stereocenters. The largest absolute Gasteiger partial charge is 0.444 e. The first-order valence-corrected chi connectivity index (χ1v) is 8.84. The molecule has 1 fully saturated rings. The van der Waals surface area contributed by atoms with Gasteiger partial charge in [-0.25, -0.2) is 4.79 Å². The molecule has 1 amide bonds. The molecule has 5 nitrogen and oxygen atoms in total. The Balaban J connectivity index is 1.93. The summed E-state index contributed by atoms with van der Waals surface area (Å²) >= 11 is 3.48. The smallest absolute Gasteiger partial charge is 0.412 e. The molecule has 0 unspecified atom stereocenters. The first-order chi connectivity index (χ1) is 10.8. The van der Waals surface area contributed by atoms with E-state index in [1.807, 2.05) is 32.9 Å². The molecule has 128 valence electrons. The van der Waals surface area contributed by atoms with Crippen molar-refractivity contribution in [3.63, 3.8) is 0 Å². The van der Waals surface area contributed by atoms with Crippen molar-refractivity contribution in [3.05, 3.63) is 28.2 Å². The van der Waals surface area contributed by atoms with Crippen LogP contribution in [-0.2, 0) is 11.2 Å². The van der Waals surface area contributed by atoms with Crippen LogP contribution in [0.2, 0.25) is 0 Å². The van der Waals surface area contributed by atoms with E-state index in [-0.39, 0.29) is 0 Å². The molecule has 0 aromatic heterocycles. The Morgan fingerprint density at radius 2 is 2.04 bits per heavy atom. The summed E-state index contributed by atoms with van der Waals surface area (Å²) in [6.07, 6.45) is 0.536. The Kier molecular flexibility index (Phi) is 6.44. The van der Waals surface area contributed by atoms with Gasteiger partial charge < -0.3 is 15.0 Å². The van der Waals surface area contributed by atoms with Gasteiger partial charge in [-0.05, 0) is 60.8 Å². The number of ether oxygens (including phenoxy) is 1. The minimum atomic E-state index is -0.504. The maximum Gasteiger partial charge on any atom is 0.412 e. The average Bonchev–Trinajstić information content (AvgIpc) is 2.47. The number of carbonyl (C=O) groups is 1. The summed E-state index contributed by atoms with van der Waals surface area (Å²) in [6.45, 7) is 10.9. The second-order valence-corrected chi connectivity index (χ2v) is 7.64. The first kappa shape index (κ1) is 18.2. The summed E-state index contributed by atoms with van der Waals surface area (Å²) in [6, 6.07) is 6.07. The third-order valence-corrected chi connectivity index (χ3v) is 4.28. The maximum absolute atomic E-state index is 11.9. The molecule has 1 aliphatic rings. The van der Waals surface area contributed by atoms with E-state index in [0.29, 0.717) is 0 Å². The van der Waals surface area contributed by atoms with E-state index in [1.54, 1.807) is 0 Å². The van der Waals surface area contributed by atoms with Gasteiger partial charge in [0.1, 0.15) is 5.60 Å². The van der Waals surface area contributed by atoms with Gasteiger partial charge in [-0.15, -0.1) is 0 Å². The van der Waals surface area contributed by atoms with Gasteiger partial charge in [0.15, 0.2) is 0 Å². The highest BCUT2D eigenvalue weighted by Gasteiger charge is 2.17. The van der Waals surface area contributed by atoms with Crippen LogP contribution in [0.5, 0.6) is 0 Å². The van der Waals surface area contributed by atoms with Crippen molar-refractivity contribution in [1.29, 1.82) is 0 Å². The Bertz CT molecular complexity index is 537. The summed E-state index contributed by atoms with van der Waals surface area (Å²) in [7, 11) is 0. The highest BCUT2D eigenvalue weighted by molar-refractivity contribution is 9.10. The van der Waals surface area contributed by atoms with Crippen LogP contribution in [-0.4, -0.2) is 49.3 Å². The number of nitrogens with one attached hydrogen (secondary N) is 2. The van der Waals surface area contributed by atoms with Gasteiger partial charge in [-0.1, -0.05) is 6.07 Å². The molecule has 0 saturated carbocycles. The predicted molar refractivity (Wildman–Crippen MR) is 97.0 cm³/mol. The summed E-state index contributed by atoms with van der Waals surface area (Å²) in [5, 5.41) is 6.17. The number of amides is 1. The molecule has 1 saturated heterocycles. The molecule has 0 spiro atoms. The van der Waals surface area contributed by atoms with E-state index in [4.69, 9.17) is 4.74 Å². The SMILES string of the molecule is CC(C)(C)OC(=O)Nc1cc(CCN2CCNCC2)ccc1Br. The molecule has 1 heterocycles. The molecular formula is C17H26BrN3O2. The number of hydrogen-bond donors (Lipinski definition) is 2. The lowest BCUT2D eigenvalue weighted by atomic mass is 10.1. The van der Waals surface area contributed by atoms with Gasteiger partial charge in [-0.2, -0.15) is 0 Å². The third-order valence-electron chi connectivity index (χ3n) is 3.59. The number of carbonyl (C=O) groups excluding carboxylic acids is 1. The number of hydrogen-bond acceptors (Lipinski definition) is 4. The zero-order valence-corrected chi connectivity index (χ0v) is 15.7. The maximum atomic E-state index is 11.9. The van der Waals surface area contributed by atoms with Crippen molar-refractivity contribution in [2.45, 2.75) is 32.8 Å². The lowest BCUT2D eigenvalue weighted by Crippen LogP contribution is -2.44. The Morgan fingerprint density at radius 1 is 1.35 bits per heavy atom. The van der Waals surface area contributed by atoms with Crippen LogP contribution < -0.4 is 10.6 Å². The van der Waals surface area contributed by atoms with E-state index in [0.717, 1.165) is 49.3 Å². The van der Waals surface area contributed by atoms with Gasteiger partial charge >= 0.3 is 6.09 Å². The second-order valence-electron chi connectivity index (χ2n) is 6.78. The normalized spacial score (nSPS) is 16.2. The lowest BCUT2D eigenvalue weighted by Gasteiger charge is -2.27. The van der Waals surface area contributed by atoms with Crippen molar-refractivity contribution in [2.24, 2.45) is 0 Å². The van der Waals surface area contributed by atoms with Crippen molar-refractivity contribution in [1.82, 2.24) is 10.2 Å². The van der Waals surface area contributed by atoms with Gasteiger partial charge in [-0.3, -0.25) is 5.32 Å². The summed E-state index contributed by atoms with van der Waals surface area (Å²) in [5.74, 6) is 0. The van der Waals surface area contributed by atoms with Crippen LogP contribution in [0.4, 0.5) is 10.5 Å². The standard InChI is InChI=1S/C17H26BrN3O2/c1-17(2,3)23-16(22)20-15-12-13(4-5-14(15)18)6-9-21-10-7-19-8-11-21/h4-5,12,19H,6-11H2,1-3H3,(H,20,22). The Labute approximate surface area is 146 Å². The van der Waals surface area contributed by atoms with Crippen molar-refractivity contribution in [2.75, 3.05) is 38.0 Å². The summed E-state index contributed by atoms with van der Waals surface area (Å²) < 4.78 is 6.16.